The second-order valence-electron chi connectivity index (χ2n) is 6.81. The number of likely N-dealkylation sites (tertiary alicyclic amines) is 1. The van der Waals surface area contributed by atoms with Crippen LogP contribution in [0, 0.1) is 5.92 Å². The van der Waals surface area contributed by atoms with Gasteiger partial charge in [0, 0.05) is 18.0 Å². The van der Waals surface area contributed by atoms with Crippen LogP contribution in [0.3, 0.4) is 0 Å². The van der Waals surface area contributed by atoms with E-state index in [1.807, 2.05) is 6.07 Å². The highest BCUT2D eigenvalue weighted by Crippen LogP contribution is 2.51. The largest absolute Gasteiger partial charge is 0.493 e. The van der Waals surface area contributed by atoms with Crippen molar-refractivity contribution in [1.29, 1.82) is 0 Å². The van der Waals surface area contributed by atoms with Gasteiger partial charge in [0.15, 0.2) is 11.5 Å². The number of methoxy groups -OCH3 is 2. The Balaban J connectivity index is 1.93. The van der Waals surface area contributed by atoms with Gasteiger partial charge in [-0.05, 0) is 50.4 Å². The second-order valence-corrected chi connectivity index (χ2v) is 6.81. The van der Waals surface area contributed by atoms with Crippen molar-refractivity contribution < 1.29 is 9.47 Å². The molecule has 3 heteroatoms. The predicted octanol–water partition coefficient (Wildman–Crippen LogP) is 3.68. The number of likely N-dealkylation sites (N-methyl/N-ethyl adjacent to an activating group) is 1. The summed E-state index contributed by atoms with van der Waals surface area (Å²) in [7, 11) is 5.70. The fourth-order valence-corrected chi connectivity index (χ4v) is 4.50. The van der Waals surface area contributed by atoms with Crippen LogP contribution in [0.1, 0.15) is 44.1 Å². The van der Waals surface area contributed by atoms with Gasteiger partial charge >= 0.3 is 0 Å². The van der Waals surface area contributed by atoms with E-state index in [4.69, 9.17) is 9.47 Å². The smallest absolute Gasteiger partial charge is 0.160 e. The van der Waals surface area contributed by atoms with Crippen LogP contribution in [-0.2, 0) is 0 Å². The van der Waals surface area contributed by atoms with Crippen molar-refractivity contribution >= 4 is 0 Å². The summed E-state index contributed by atoms with van der Waals surface area (Å²) in [6.07, 6.45) is 5.42. The lowest BCUT2D eigenvalue weighted by Crippen LogP contribution is -2.44. The van der Waals surface area contributed by atoms with Gasteiger partial charge in [-0.2, -0.15) is 0 Å². The molecule has 1 aliphatic heterocycles. The molecule has 21 heavy (non-hydrogen) atoms. The summed E-state index contributed by atoms with van der Waals surface area (Å²) >= 11 is 0. The lowest BCUT2D eigenvalue weighted by molar-refractivity contribution is 0.103. The quantitative estimate of drug-likeness (QED) is 0.847. The van der Waals surface area contributed by atoms with E-state index in [1.165, 1.54) is 31.2 Å². The van der Waals surface area contributed by atoms with Crippen LogP contribution >= 0.6 is 0 Å². The minimum atomic E-state index is 0.371. The van der Waals surface area contributed by atoms with E-state index in [0.717, 1.165) is 24.0 Å². The molecule has 0 bridgehead atoms. The summed E-state index contributed by atoms with van der Waals surface area (Å²) in [5, 5.41) is 0. The molecule has 3 atom stereocenters. The van der Waals surface area contributed by atoms with E-state index in [-0.39, 0.29) is 0 Å². The summed E-state index contributed by atoms with van der Waals surface area (Å²) in [5.41, 5.74) is 1.77. The van der Waals surface area contributed by atoms with Crippen molar-refractivity contribution in [2.24, 2.45) is 5.92 Å². The van der Waals surface area contributed by atoms with Crippen LogP contribution in [0.2, 0.25) is 0 Å². The third-order valence-corrected chi connectivity index (χ3v) is 5.91. The van der Waals surface area contributed by atoms with Crippen LogP contribution in [-0.4, -0.2) is 38.3 Å². The Hall–Kier alpha value is -1.22. The minimum absolute atomic E-state index is 0.371. The second kappa shape index (κ2) is 5.53. The Bertz CT molecular complexity index is 516. The normalized spacial score (nSPS) is 32.8. The zero-order valence-corrected chi connectivity index (χ0v) is 13.7. The zero-order valence-electron chi connectivity index (χ0n) is 13.7. The summed E-state index contributed by atoms with van der Waals surface area (Å²) in [6.45, 7) is 3.61. The molecule has 0 amide bonds. The molecule has 1 saturated heterocycles. The van der Waals surface area contributed by atoms with Gasteiger partial charge in [0.1, 0.15) is 0 Å². The monoisotopic (exact) mass is 289 g/mol. The fourth-order valence-electron chi connectivity index (χ4n) is 4.50. The number of hydrogen-bond acceptors (Lipinski definition) is 3. The Morgan fingerprint density at radius 1 is 1.14 bits per heavy atom. The average molecular weight is 289 g/mol. The van der Waals surface area contributed by atoms with Crippen molar-refractivity contribution in [3.8, 4) is 11.5 Å². The van der Waals surface area contributed by atoms with E-state index in [1.54, 1.807) is 14.2 Å². The van der Waals surface area contributed by atoms with Gasteiger partial charge in [-0.15, -0.1) is 0 Å². The summed E-state index contributed by atoms with van der Waals surface area (Å²) < 4.78 is 10.9. The molecule has 3 rings (SSSR count). The topological polar surface area (TPSA) is 21.7 Å². The maximum Gasteiger partial charge on any atom is 0.160 e. The molecule has 1 heterocycles. The molecule has 0 aromatic heterocycles. The van der Waals surface area contributed by atoms with E-state index in [0.29, 0.717) is 11.5 Å². The van der Waals surface area contributed by atoms with Crippen LogP contribution in [0.15, 0.2) is 18.2 Å². The summed E-state index contributed by atoms with van der Waals surface area (Å²) in [6, 6.07) is 6.45. The SMILES string of the molecule is COc1ccc(C2CN(C)C3(C)CCCCC23)cc1OC. The molecule has 0 N–H and O–H groups in total. The maximum absolute atomic E-state index is 5.49. The lowest BCUT2D eigenvalue weighted by Gasteiger charge is -2.42. The third kappa shape index (κ3) is 2.32. The summed E-state index contributed by atoms with van der Waals surface area (Å²) in [4.78, 5) is 2.58. The average Bonchev–Trinajstić information content (AvgIpc) is 2.78. The van der Waals surface area contributed by atoms with Crippen LogP contribution in [0.25, 0.3) is 0 Å². The highest BCUT2D eigenvalue weighted by atomic mass is 16.5. The molecule has 1 aliphatic carbocycles. The molecule has 2 aliphatic rings. The van der Waals surface area contributed by atoms with Gasteiger partial charge in [-0.3, -0.25) is 0 Å². The highest BCUT2D eigenvalue weighted by molar-refractivity contribution is 5.44. The predicted molar refractivity (Wildman–Crippen MR) is 85.3 cm³/mol. The number of hydrogen-bond donors (Lipinski definition) is 0. The van der Waals surface area contributed by atoms with Crippen molar-refractivity contribution in [2.75, 3.05) is 27.8 Å². The molecular formula is C18H27NO2. The number of nitrogens with zero attached hydrogens (tertiary/aromatic N) is 1. The molecule has 116 valence electrons. The van der Waals surface area contributed by atoms with Crippen LogP contribution in [0.5, 0.6) is 11.5 Å². The minimum Gasteiger partial charge on any atom is -0.493 e. The van der Waals surface area contributed by atoms with E-state index in [2.05, 4.69) is 31.0 Å². The molecule has 3 unspecified atom stereocenters. The first-order chi connectivity index (χ1) is 10.1. The molecule has 2 fully saturated rings. The van der Waals surface area contributed by atoms with Gasteiger partial charge in [0.2, 0.25) is 0 Å². The van der Waals surface area contributed by atoms with Gasteiger partial charge in [-0.25, -0.2) is 0 Å². The third-order valence-electron chi connectivity index (χ3n) is 5.91. The molecule has 1 aromatic rings. The van der Waals surface area contributed by atoms with E-state index >= 15 is 0 Å². The van der Waals surface area contributed by atoms with Gasteiger partial charge in [0.05, 0.1) is 14.2 Å². The van der Waals surface area contributed by atoms with Gasteiger partial charge < -0.3 is 14.4 Å². The van der Waals surface area contributed by atoms with Crippen LogP contribution in [0.4, 0.5) is 0 Å². The molecule has 0 radical (unpaired) electrons. The van der Waals surface area contributed by atoms with Gasteiger partial charge in [0.25, 0.3) is 0 Å². The van der Waals surface area contributed by atoms with Crippen LogP contribution < -0.4 is 9.47 Å². The maximum atomic E-state index is 5.49. The first kappa shape index (κ1) is 14.7. The first-order valence-electron chi connectivity index (χ1n) is 8.03. The van der Waals surface area contributed by atoms with Crippen molar-refractivity contribution in [3.63, 3.8) is 0 Å². The Morgan fingerprint density at radius 2 is 1.90 bits per heavy atom. The fraction of sp³-hybridized carbons (Fsp3) is 0.667. The standard InChI is InChI=1S/C18H27NO2/c1-18-10-6-5-7-15(18)14(12-19(18)2)13-8-9-16(20-3)17(11-13)21-4/h8-9,11,14-15H,5-7,10,12H2,1-4H3. The Labute approximate surface area is 128 Å². The zero-order chi connectivity index (χ0) is 15.0. The molecule has 0 spiro atoms. The number of ether oxygens (including phenoxy) is 2. The first-order valence-corrected chi connectivity index (χ1v) is 8.03. The van der Waals surface area contributed by atoms with E-state index < -0.39 is 0 Å². The molecular weight excluding hydrogens is 262 g/mol. The number of benzene rings is 1. The number of rotatable bonds is 3. The molecule has 1 saturated carbocycles. The molecule has 3 nitrogen and oxygen atoms in total. The van der Waals surface area contributed by atoms with Crippen molar-refractivity contribution in [2.45, 2.75) is 44.1 Å². The summed E-state index contributed by atoms with van der Waals surface area (Å²) in [5.74, 6) is 3.04. The lowest BCUT2D eigenvalue weighted by atomic mass is 9.69. The van der Waals surface area contributed by atoms with Gasteiger partial charge in [-0.1, -0.05) is 18.9 Å². The van der Waals surface area contributed by atoms with Crippen molar-refractivity contribution in [1.82, 2.24) is 4.90 Å². The van der Waals surface area contributed by atoms with Crippen molar-refractivity contribution in [3.05, 3.63) is 23.8 Å². The Kier molecular flexibility index (Phi) is 3.87. The molecule has 1 aromatic carbocycles. The number of fused-ring (bicyclic) bond motifs is 1. The highest BCUT2D eigenvalue weighted by Gasteiger charge is 2.50. The Morgan fingerprint density at radius 3 is 2.62 bits per heavy atom. The van der Waals surface area contributed by atoms with E-state index in [9.17, 15) is 0 Å².